The third-order valence-electron chi connectivity index (χ3n) is 5.09. The summed E-state index contributed by atoms with van der Waals surface area (Å²) in [6.07, 6.45) is -2.98. The van der Waals surface area contributed by atoms with Crippen molar-refractivity contribution in [2.24, 2.45) is 5.10 Å². The highest BCUT2D eigenvalue weighted by Crippen LogP contribution is 2.32. The second-order valence-electron chi connectivity index (χ2n) is 8.03. The van der Waals surface area contributed by atoms with E-state index in [0.29, 0.717) is 26.6 Å². The van der Waals surface area contributed by atoms with Crippen LogP contribution in [0, 0.1) is 3.57 Å². The molecule has 0 aliphatic rings. The third kappa shape index (κ3) is 8.56. The number of hydrogen-bond donors (Lipinski definition) is 2. The molecule has 2 N–H and O–H groups in total. The van der Waals surface area contributed by atoms with Gasteiger partial charge in [0.1, 0.15) is 12.4 Å². The van der Waals surface area contributed by atoms with Gasteiger partial charge in [0.2, 0.25) is 5.91 Å². The Kier molecular flexibility index (Phi) is 9.70. The van der Waals surface area contributed by atoms with E-state index >= 15 is 0 Å². The number of rotatable bonds is 9. The van der Waals surface area contributed by atoms with Crippen LogP contribution in [0.1, 0.15) is 22.4 Å². The van der Waals surface area contributed by atoms with Gasteiger partial charge in [-0.15, -0.1) is 11.3 Å². The SMILES string of the molecule is O=C(Cc1csc(Nc2cccc(C(F)(F)F)c2)n1)N/N=C\c1ccc(OCc2ccc(Cl)cc2Cl)c(I)c1. The zero-order valence-corrected chi connectivity index (χ0v) is 24.2. The number of amides is 1. The smallest absolute Gasteiger partial charge is 0.416 e. The highest BCUT2D eigenvalue weighted by atomic mass is 127. The van der Waals surface area contributed by atoms with Crippen molar-refractivity contribution in [3.05, 3.63) is 102 Å². The van der Waals surface area contributed by atoms with Gasteiger partial charge in [-0.2, -0.15) is 18.3 Å². The average molecular weight is 705 g/mol. The molecule has 0 saturated heterocycles. The Labute approximate surface area is 249 Å². The molecular formula is C26H18Cl2F3IN4O2S. The van der Waals surface area contributed by atoms with Crippen molar-refractivity contribution in [2.45, 2.75) is 19.2 Å². The Balaban J connectivity index is 1.27. The molecule has 0 aliphatic carbocycles. The molecule has 6 nitrogen and oxygen atoms in total. The number of nitrogens with one attached hydrogen (secondary N) is 2. The molecule has 202 valence electrons. The number of anilines is 2. The quantitative estimate of drug-likeness (QED) is 0.105. The van der Waals surface area contributed by atoms with Gasteiger partial charge in [0.05, 0.1) is 27.5 Å². The molecule has 0 spiro atoms. The summed E-state index contributed by atoms with van der Waals surface area (Å²) in [6.45, 7) is 0.281. The zero-order chi connectivity index (χ0) is 28.0. The van der Waals surface area contributed by atoms with Crippen LogP contribution in [-0.4, -0.2) is 17.1 Å². The Hall–Kier alpha value is -2.87. The van der Waals surface area contributed by atoms with Crippen LogP contribution in [0.15, 0.2) is 71.1 Å². The predicted molar refractivity (Wildman–Crippen MR) is 156 cm³/mol. The largest absolute Gasteiger partial charge is 0.488 e. The minimum atomic E-state index is -4.44. The van der Waals surface area contributed by atoms with Gasteiger partial charge in [-0.05, 0) is 76.7 Å². The summed E-state index contributed by atoms with van der Waals surface area (Å²) >= 11 is 15.4. The summed E-state index contributed by atoms with van der Waals surface area (Å²) in [5.41, 5.74) is 3.95. The van der Waals surface area contributed by atoms with Crippen LogP contribution in [0.4, 0.5) is 24.0 Å². The number of alkyl halides is 3. The minimum absolute atomic E-state index is 0.0460. The molecule has 4 aromatic rings. The normalized spacial score (nSPS) is 11.5. The fourth-order valence-electron chi connectivity index (χ4n) is 3.23. The molecule has 3 aromatic carbocycles. The number of carbonyl (C=O) groups excluding carboxylic acids is 1. The molecule has 4 rings (SSSR count). The van der Waals surface area contributed by atoms with Gasteiger partial charge in [0.25, 0.3) is 0 Å². The van der Waals surface area contributed by atoms with E-state index in [1.54, 1.807) is 35.7 Å². The lowest BCUT2D eigenvalue weighted by Gasteiger charge is -2.10. The third-order valence-corrected chi connectivity index (χ3v) is 7.33. The van der Waals surface area contributed by atoms with Crippen LogP contribution >= 0.6 is 57.1 Å². The van der Waals surface area contributed by atoms with Crippen molar-refractivity contribution in [3.8, 4) is 5.75 Å². The molecule has 0 fully saturated rings. The number of halogens is 6. The number of ether oxygens (including phenoxy) is 1. The van der Waals surface area contributed by atoms with Crippen molar-refractivity contribution in [1.82, 2.24) is 10.4 Å². The molecule has 0 bridgehead atoms. The van der Waals surface area contributed by atoms with E-state index in [4.69, 9.17) is 27.9 Å². The summed E-state index contributed by atoms with van der Waals surface area (Å²) in [7, 11) is 0. The molecule has 13 heteroatoms. The molecule has 0 atom stereocenters. The van der Waals surface area contributed by atoms with Crippen LogP contribution in [-0.2, 0) is 24.0 Å². The monoisotopic (exact) mass is 704 g/mol. The summed E-state index contributed by atoms with van der Waals surface area (Å²) in [6, 6.07) is 15.5. The van der Waals surface area contributed by atoms with Gasteiger partial charge in [0, 0.05) is 26.7 Å². The lowest BCUT2D eigenvalue weighted by molar-refractivity contribution is -0.137. The Bertz CT molecular complexity index is 1510. The maximum Gasteiger partial charge on any atom is 0.416 e. The van der Waals surface area contributed by atoms with Gasteiger partial charge in [-0.25, -0.2) is 10.4 Å². The first-order chi connectivity index (χ1) is 18.6. The number of carbonyl (C=O) groups is 1. The van der Waals surface area contributed by atoms with E-state index in [2.05, 4.69) is 43.4 Å². The fraction of sp³-hybridized carbons (Fsp3) is 0.115. The summed E-state index contributed by atoms with van der Waals surface area (Å²) in [5.74, 6) is 0.276. The first-order valence-corrected chi connectivity index (χ1v) is 13.8. The second-order valence-corrected chi connectivity index (χ2v) is 10.9. The summed E-state index contributed by atoms with van der Waals surface area (Å²) < 4.78 is 45.4. The molecule has 1 aromatic heterocycles. The van der Waals surface area contributed by atoms with E-state index in [1.807, 2.05) is 6.07 Å². The van der Waals surface area contributed by atoms with Crippen LogP contribution < -0.4 is 15.5 Å². The molecule has 0 saturated carbocycles. The molecule has 1 heterocycles. The minimum Gasteiger partial charge on any atom is -0.488 e. The summed E-state index contributed by atoms with van der Waals surface area (Å²) in [4.78, 5) is 16.5. The highest BCUT2D eigenvalue weighted by Gasteiger charge is 2.30. The van der Waals surface area contributed by atoms with Crippen molar-refractivity contribution in [1.29, 1.82) is 0 Å². The van der Waals surface area contributed by atoms with Crippen LogP contribution in [0.2, 0.25) is 10.0 Å². The van der Waals surface area contributed by atoms with Crippen LogP contribution in [0.3, 0.4) is 0 Å². The van der Waals surface area contributed by atoms with Gasteiger partial charge in [0.15, 0.2) is 5.13 Å². The second kappa shape index (κ2) is 13.0. The molecule has 0 unspecified atom stereocenters. The number of hydrazone groups is 1. The Morgan fingerprint density at radius 3 is 2.69 bits per heavy atom. The van der Waals surface area contributed by atoms with Crippen molar-refractivity contribution in [3.63, 3.8) is 0 Å². The maximum atomic E-state index is 12.9. The van der Waals surface area contributed by atoms with Gasteiger partial charge in [-0.3, -0.25) is 4.79 Å². The maximum absolute atomic E-state index is 12.9. The number of benzene rings is 3. The van der Waals surface area contributed by atoms with Gasteiger partial charge < -0.3 is 10.1 Å². The standard InChI is InChI=1S/C26H18Cl2F3IN4O2S/c27-18-6-5-16(21(28)10-18)13-38-23-7-4-15(8-22(23)32)12-33-36-24(37)11-20-14-39-25(35-20)34-19-3-1-2-17(9-19)26(29,30)31/h1-10,12,14H,11,13H2,(H,34,35)(H,36,37)/b33-12-. The topological polar surface area (TPSA) is 75.6 Å². The van der Waals surface area contributed by atoms with Crippen LogP contribution in [0.25, 0.3) is 0 Å². The molecule has 0 aliphatic heterocycles. The highest BCUT2D eigenvalue weighted by molar-refractivity contribution is 14.1. The van der Waals surface area contributed by atoms with E-state index in [9.17, 15) is 18.0 Å². The van der Waals surface area contributed by atoms with E-state index in [0.717, 1.165) is 26.8 Å². The fourth-order valence-corrected chi connectivity index (χ4v) is 5.12. The Morgan fingerprint density at radius 1 is 1.13 bits per heavy atom. The van der Waals surface area contributed by atoms with Crippen molar-refractivity contribution < 1.29 is 22.7 Å². The number of hydrogen-bond acceptors (Lipinski definition) is 6. The molecular weight excluding hydrogens is 687 g/mol. The molecule has 1 amide bonds. The van der Waals surface area contributed by atoms with E-state index in [1.165, 1.54) is 29.7 Å². The first kappa shape index (κ1) is 29.1. The number of thiazole rings is 1. The zero-order valence-electron chi connectivity index (χ0n) is 19.7. The lowest BCUT2D eigenvalue weighted by atomic mass is 10.2. The van der Waals surface area contributed by atoms with E-state index < -0.39 is 17.6 Å². The van der Waals surface area contributed by atoms with Gasteiger partial charge in [-0.1, -0.05) is 35.3 Å². The average Bonchev–Trinajstić information content (AvgIpc) is 3.30. The first-order valence-electron chi connectivity index (χ1n) is 11.1. The number of nitrogens with zero attached hydrogens (tertiary/aromatic N) is 2. The molecule has 39 heavy (non-hydrogen) atoms. The Morgan fingerprint density at radius 2 is 1.95 bits per heavy atom. The summed E-state index contributed by atoms with van der Waals surface area (Å²) in [5, 5.41) is 9.91. The van der Waals surface area contributed by atoms with Crippen LogP contribution in [0.5, 0.6) is 5.75 Å². The number of aromatic nitrogens is 1. The van der Waals surface area contributed by atoms with E-state index in [-0.39, 0.29) is 18.7 Å². The van der Waals surface area contributed by atoms with Crippen molar-refractivity contribution in [2.75, 3.05) is 5.32 Å². The predicted octanol–water partition coefficient (Wildman–Crippen LogP) is 8.09. The lowest BCUT2D eigenvalue weighted by Crippen LogP contribution is -2.19. The van der Waals surface area contributed by atoms with Gasteiger partial charge >= 0.3 is 6.18 Å². The molecule has 0 radical (unpaired) electrons. The van der Waals surface area contributed by atoms with Crippen molar-refractivity contribution >= 4 is 80.1 Å².